The molecule has 1 aromatic carbocycles. The summed E-state index contributed by atoms with van der Waals surface area (Å²) in [4.78, 5) is 0. The zero-order valence-corrected chi connectivity index (χ0v) is 8.46. The first-order chi connectivity index (χ1) is 5.33. The maximum atomic E-state index is 2.26. The summed E-state index contributed by atoms with van der Waals surface area (Å²) >= 11 is 0.537. The average Bonchev–Trinajstić information content (AvgIpc) is 2.04. The second kappa shape index (κ2) is 4.59. The molecule has 0 saturated heterocycles. The highest BCUT2D eigenvalue weighted by atomic mass is 27.1. The van der Waals surface area contributed by atoms with Crippen molar-refractivity contribution < 1.29 is 0 Å². The second-order valence-electron chi connectivity index (χ2n) is 2.90. The molecule has 1 radical (unpaired) electrons. The largest absolute Gasteiger partial charge is 0.250 e. The molecule has 1 rings (SSSR count). The van der Waals surface area contributed by atoms with Crippen LogP contribution in [0.3, 0.4) is 0 Å². The maximum absolute atomic E-state index is 2.26. The molecule has 0 aliphatic carbocycles. The van der Waals surface area contributed by atoms with Crippen molar-refractivity contribution in [2.75, 3.05) is 0 Å². The predicted octanol–water partition coefficient (Wildman–Crippen LogP) is 2.15. The number of hydrogen-bond acceptors (Lipinski definition) is 0. The van der Waals surface area contributed by atoms with Crippen LogP contribution < -0.4 is 4.43 Å². The van der Waals surface area contributed by atoms with Gasteiger partial charge in [0.15, 0.2) is 0 Å². The fourth-order valence-electron chi connectivity index (χ4n) is 1.01. The van der Waals surface area contributed by atoms with E-state index in [4.69, 9.17) is 0 Å². The summed E-state index contributed by atoms with van der Waals surface area (Å²) in [6.45, 7) is 4.39. The smallest absolute Gasteiger partial charge is 0.124 e. The van der Waals surface area contributed by atoms with Crippen LogP contribution in [0.2, 0.25) is 5.28 Å². The lowest BCUT2D eigenvalue weighted by Gasteiger charge is -1.97. The molecule has 1 aromatic rings. The van der Waals surface area contributed by atoms with E-state index in [1.807, 2.05) is 0 Å². The molecule has 0 unspecified atom stereocenters. The van der Waals surface area contributed by atoms with Gasteiger partial charge in [-0.1, -0.05) is 48.5 Å². The van der Waals surface area contributed by atoms with Crippen LogP contribution in [0.15, 0.2) is 24.3 Å². The van der Waals surface area contributed by atoms with Gasteiger partial charge in [-0.3, -0.25) is 0 Å². The van der Waals surface area contributed by atoms with Gasteiger partial charge in [0, 0.05) is 0 Å². The monoisotopic (exact) mass is 161 g/mol. The quantitative estimate of drug-likeness (QED) is 0.596. The first-order valence-electron chi connectivity index (χ1n) is 4.23. The maximum Gasteiger partial charge on any atom is 0.250 e. The molecule has 0 spiro atoms. The van der Waals surface area contributed by atoms with Crippen LogP contribution in [-0.4, -0.2) is 15.2 Å². The van der Waals surface area contributed by atoms with Crippen molar-refractivity contribution in [2.24, 2.45) is 0 Å². The van der Waals surface area contributed by atoms with Gasteiger partial charge in [0.1, 0.15) is 0 Å². The molecule has 0 aliphatic rings. The minimum absolute atomic E-state index is 0.537. The molecule has 57 valence electrons. The van der Waals surface area contributed by atoms with Crippen molar-refractivity contribution in [3.63, 3.8) is 0 Å². The van der Waals surface area contributed by atoms with Crippen molar-refractivity contribution >= 4 is 19.6 Å². The topological polar surface area (TPSA) is 0 Å². The Labute approximate surface area is 75.3 Å². The summed E-state index contributed by atoms with van der Waals surface area (Å²) in [5.74, 6) is 0. The summed E-state index contributed by atoms with van der Waals surface area (Å²) in [6, 6.07) is 8.94. The minimum atomic E-state index is 0.537. The first kappa shape index (κ1) is 8.85. The molecular formula is C10H14Al. The van der Waals surface area contributed by atoms with Gasteiger partial charge >= 0.3 is 0 Å². The number of aryl methyl sites for hydroxylation is 1. The molecule has 1 heteroatoms. The molecule has 0 N–H and O–H groups in total. The van der Waals surface area contributed by atoms with E-state index in [1.165, 1.54) is 17.3 Å². The van der Waals surface area contributed by atoms with E-state index in [9.17, 15) is 0 Å². The Kier molecular flexibility index (Phi) is 3.69. The first-order valence-corrected chi connectivity index (χ1v) is 5.62. The van der Waals surface area contributed by atoms with Crippen molar-refractivity contribution in [3.05, 3.63) is 29.8 Å². The Hall–Kier alpha value is -0.248. The SMILES string of the molecule is CC[CH2][Al][c]1ccc(C)cc1. The van der Waals surface area contributed by atoms with Gasteiger partial charge in [-0.2, -0.15) is 0 Å². The molecule has 0 saturated carbocycles. The van der Waals surface area contributed by atoms with Gasteiger partial charge in [-0.05, 0) is 6.92 Å². The van der Waals surface area contributed by atoms with E-state index in [0.29, 0.717) is 15.2 Å². The molecule has 0 aliphatic heterocycles. The van der Waals surface area contributed by atoms with Gasteiger partial charge in [-0.25, -0.2) is 0 Å². The van der Waals surface area contributed by atoms with Crippen LogP contribution in [0.1, 0.15) is 18.9 Å². The second-order valence-corrected chi connectivity index (χ2v) is 4.56. The summed E-state index contributed by atoms with van der Waals surface area (Å²) in [7, 11) is 0. The Bertz CT molecular complexity index is 201. The highest BCUT2D eigenvalue weighted by Gasteiger charge is 1.93. The van der Waals surface area contributed by atoms with Gasteiger partial charge in [0.05, 0.1) is 0 Å². The third kappa shape index (κ3) is 3.10. The van der Waals surface area contributed by atoms with E-state index < -0.39 is 0 Å². The highest BCUT2D eigenvalue weighted by Crippen LogP contribution is 1.93. The number of benzene rings is 1. The summed E-state index contributed by atoms with van der Waals surface area (Å²) in [5.41, 5.74) is 1.37. The normalized spacial score (nSPS) is 9.64. The predicted molar refractivity (Wildman–Crippen MR) is 51.7 cm³/mol. The van der Waals surface area contributed by atoms with Crippen LogP contribution >= 0.6 is 0 Å². The Morgan fingerprint density at radius 2 is 1.82 bits per heavy atom. The molecule has 0 atom stereocenters. The van der Waals surface area contributed by atoms with Gasteiger partial charge in [0.2, 0.25) is 15.2 Å². The summed E-state index contributed by atoms with van der Waals surface area (Å²) in [6.07, 6.45) is 1.32. The van der Waals surface area contributed by atoms with Crippen LogP contribution in [0.4, 0.5) is 0 Å². The van der Waals surface area contributed by atoms with E-state index in [0.717, 1.165) is 0 Å². The summed E-state index contributed by atoms with van der Waals surface area (Å²) in [5, 5.41) is 1.39. The van der Waals surface area contributed by atoms with Crippen molar-refractivity contribution in [2.45, 2.75) is 25.6 Å². The van der Waals surface area contributed by atoms with E-state index in [2.05, 4.69) is 38.1 Å². The fourth-order valence-corrected chi connectivity index (χ4v) is 2.10. The molecule has 0 amide bonds. The lowest BCUT2D eigenvalue weighted by molar-refractivity contribution is 1.08. The van der Waals surface area contributed by atoms with Gasteiger partial charge in [-0.15, -0.1) is 4.43 Å². The van der Waals surface area contributed by atoms with Crippen LogP contribution in [0, 0.1) is 6.92 Å². The third-order valence-corrected chi connectivity index (χ3v) is 3.47. The molecular weight excluding hydrogens is 147 g/mol. The van der Waals surface area contributed by atoms with Gasteiger partial charge < -0.3 is 0 Å². The standard InChI is InChI=1S/C7H7.C3H7.Al/c1-7-5-3-2-4-6-7;1-3-2;/h3-6H,1H3;1,3H2,2H3;. The van der Waals surface area contributed by atoms with Crippen LogP contribution in [0.5, 0.6) is 0 Å². The Morgan fingerprint density at radius 3 is 2.36 bits per heavy atom. The minimum Gasteiger partial charge on any atom is -0.124 e. The molecule has 0 heterocycles. The summed E-state index contributed by atoms with van der Waals surface area (Å²) < 4.78 is 1.55. The van der Waals surface area contributed by atoms with Crippen LogP contribution in [-0.2, 0) is 0 Å². The van der Waals surface area contributed by atoms with Crippen LogP contribution in [0.25, 0.3) is 0 Å². The molecule has 0 bridgehead atoms. The lowest BCUT2D eigenvalue weighted by Crippen LogP contribution is -2.12. The van der Waals surface area contributed by atoms with Gasteiger partial charge in [0.25, 0.3) is 0 Å². The zero-order chi connectivity index (χ0) is 8.10. The molecule has 11 heavy (non-hydrogen) atoms. The molecule has 0 nitrogen and oxygen atoms in total. The zero-order valence-electron chi connectivity index (χ0n) is 7.30. The van der Waals surface area contributed by atoms with Crippen molar-refractivity contribution in [1.82, 2.24) is 0 Å². The van der Waals surface area contributed by atoms with E-state index in [-0.39, 0.29) is 0 Å². The van der Waals surface area contributed by atoms with E-state index in [1.54, 1.807) is 4.43 Å². The molecule has 0 aromatic heterocycles. The third-order valence-electron chi connectivity index (χ3n) is 1.75. The average molecular weight is 161 g/mol. The number of hydrogen-bond donors (Lipinski definition) is 0. The Morgan fingerprint density at radius 1 is 1.18 bits per heavy atom. The fraction of sp³-hybridized carbons (Fsp3) is 0.400. The molecule has 0 fully saturated rings. The Balaban J connectivity index is 2.52. The van der Waals surface area contributed by atoms with E-state index >= 15 is 0 Å². The number of rotatable bonds is 3. The van der Waals surface area contributed by atoms with Crippen molar-refractivity contribution in [3.8, 4) is 0 Å². The highest BCUT2D eigenvalue weighted by molar-refractivity contribution is 6.53. The van der Waals surface area contributed by atoms with Crippen molar-refractivity contribution in [1.29, 1.82) is 0 Å². The lowest BCUT2D eigenvalue weighted by atomic mass is 10.2.